The highest BCUT2D eigenvalue weighted by Gasteiger charge is 2.14. The van der Waals surface area contributed by atoms with Crippen LogP contribution in [0.2, 0.25) is 0 Å². The number of hydrogen-bond donors (Lipinski definition) is 1. The number of Topliss-reactive ketones (excluding diaryl/α,β-unsaturated/α-hetero) is 1. The van der Waals surface area contributed by atoms with Crippen LogP contribution in [-0.2, 0) is 4.79 Å². The van der Waals surface area contributed by atoms with Gasteiger partial charge >= 0.3 is 0 Å². The van der Waals surface area contributed by atoms with E-state index in [2.05, 4.69) is 22.3 Å². The molecule has 0 unspecified atom stereocenters. The van der Waals surface area contributed by atoms with E-state index >= 15 is 0 Å². The lowest BCUT2D eigenvalue weighted by Crippen LogP contribution is -2.24. The van der Waals surface area contributed by atoms with Crippen LogP contribution in [0.1, 0.15) is 43.0 Å². The van der Waals surface area contributed by atoms with E-state index in [4.69, 9.17) is 9.72 Å². The molecule has 0 bridgehead atoms. The van der Waals surface area contributed by atoms with E-state index in [1.54, 1.807) is 24.3 Å². The van der Waals surface area contributed by atoms with Crippen LogP contribution in [0.5, 0.6) is 5.75 Å². The SMILES string of the molecule is CC(=O)c1ccc(NC(=O)COc2cccc3ccc(N4CCCCCC4)nc23)cc1. The molecule has 2 heterocycles. The van der Waals surface area contributed by atoms with Gasteiger partial charge in [-0.1, -0.05) is 25.0 Å². The molecule has 1 aliphatic heterocycles. The predicted octanol–water partition coefficient (Wildman–Crippen LogP) is 4.84. The normalized spacial score (nSPS) is 14.2. The van der Waals surface area contributed by atoms with E-state index in [9.17, 15) is 9.59 Å². The molecule has 160 valence electrons. The number of benzene rings is 2. The fourth-order valence-corrected chi connectivity index (χ4v) is 3.83. The largest absolute Gasteiger partial charge is 0.481 e. The van der Waals surface area contributed by atoms with Gasteiger partial charge in [-0.05, 0) is 62.2 Å². The molecule has 0 aliphatic carbocycles. The lowest BCUT2D eigenvalue weighted by atomic mass is 10.1. The zero-order valence-electron chi connectivity index (χ0n) is 17.8. The summed E-state index contributed by atoms with van der Waals surface area (Å²) >= 11 is 0. The monoisotopic (exact) mass is 417 g/mol. The number of carbonyl (C=O) groups is 2. The van der Waals surface area contributed by atoms with Gasteiger partial charge in [0.1, 0.15) is 17.1 Å². The lowest BCUT2D eigenvalue weighted by Gasteiger charge is -2.22. The molecule has 4 rings (SSSR count). The zero-order valence-corrected chi connectivity index (χ0v) is 17.8. The summed E-state index contributed by atoms with van der Waals surface area (Å²) in [5.41, 5.74) is 2.00. The fourth-order valence-electron chi connectivity index (χ4n) is 3.83. The maximum atomic E-state index is 12.4. The molecule has 1 aliphatic rings. The number of anilines is 2. The molecule has 1 amide bonds. The Bertz CT molecular complexity index is 1070. The summed E-state index contributed by atoms with van der Waals surface area (Å²) in [5, 5.41) is 3.78. The van der Waals surface area contributed by atoms with Crippen molar-refractivity contribution in [2.24, 2.45) is 0 Å². The van der Waals surface area contributed by atoms with Crippen molar-refractivity contribution in [3.8, 4) is 5.75 Å². The second kappa shape index (κ2) is 9.60. The lowest BCUT2D eigenvalue weighted by molar-refractivity contribution is -0.118. The van der Waals surface area contributed by atoms with Crippen molar-refractivity contribution in [2.45, 2.75) is 32.6 Å². The molecule has 1 aromatic heterocycles. The minimum atomic E-state index is -0.267. The van der Waals surface area contributed by atoms with E-state index in [1.807, 2.05) is 18.2 Å². The van der Waals surface area contributed by atoms with Crippen molar-refractivity contribution in [1.29, 1.82) is 0 Å². The number of rotatable bonds is 6. The molecule has 2 aromatic carbocycles. The summed E-state index contributed by atoms with van der Waals surface area (Å²) < 4.78 is 5.84. The Labute approximate surface area is 182 Å². The van der Waals surface area contributed by atoms with E-state index in [1.165, 1.54) is 32.6 Å². The van der Waals surface area contributed by atoms with E-state index in [-0.39, 0.29) is 18.3 Å². The van der Waals surface area contributed by atoms with Crippen LogP contribution >= 0.6 is 0 Å². The highest BCUT2D eigenvalue weighted by molar-refractivity contribution is 5.96. The number of nitrogens with one attached hydrogen (secondary N) is 1. The molecule has 1 N–H and O–H groups in total. The summed E-state index contributed by atoms with van der Waals surface area (Å²) in [5.74, 6) is 1.28. The van der Waals surface area contributed by atoms with Crippen LogP contribution < -0.4 is 15.0 Å². The van der Waals surface area contributed by atoms with Crippen LogP contribution in [-0.4, -0.2) is 36.4 Å². The first-order chi connectivity index (χ1) is 15.1. The van der Waals surface area contributed by atoms with E-state index in [0.29, 0.717) is 17.0 Å². The van der Waals surface area contributed by atoms with Gasteiger partial charge in [-0.15, -0.1) is 0 Å². The molecule has 0 spiro atoms. The van der Waals surface area contributed by atoms with Gasteiger partial charge in [0.2, 0.25) is 0 Å². The van der Waals surface area contributed by atoms with Gasteiger partial charge in [-0.2, -0.15) is 0 Å². The molecule has 0 atom stereocenters. The number of hydrogen-bond acceptors (Lipinski definition) is 5. The summed E-state index contributed by atoms with van der Waals surface area (Å²) in [7, 11) is 0. The molecule has 3 aromatic rings. The number of pyridine rings is 1. The summed E-state index contributed by atoms with van der Waals surface area (Å²) in [6.07, 6.45) is 4.91. The Morgan fingerprint density at radius 1 is 0.968 bits per heavy atom. The molecular weight excluding hydrogens is 390 g/mol. The zero-order chi connectivity index (χ0) is 21.6. The number of nitrogens with zero attached hydrogens (tertiary/aromatic N) is 2. The Hall–Kier alpha value is -3.41. The molecule has 31 heavy (non-hydrogen) atoms. The third-order valence-electron chi connectivity index (χ3n) is 5.53. The highest BCUT2D eigenvalue weighted by Crippen LogP contribution is 2.27. The summed E-state index contributed by atoms with van der Waals surface area (Å²) in [6.45, 7) is 3.43. The van der Waals surface area contributed by atoms with Crippen LogP contribution in [0, 0.1) is 0 Å². The smallest absolute Gasteiger partial charge is 0.262 e. The third-order valence-corrected chi connectivity index (χ3v) is 5.53. The van der Waals surface area contributed by atoms with Gasteiger partial charge < -0.3 is 15.0 Å². The van der Waals surface area contributed by atoms with E-state index < -0.39 is 0 Å². The Morgan fingerprint density at radius 3 is 2.42 bits per heavy atom. The van der Waals surface area contributed by atoms with E-state index in [0.717, 1.165) is 29.8 Å². The standard InChI is InChI=1S/C25H27N3O3/c1-18(29)19-9-12-21(13-10-19)26-24(30)17-31-22-8-6-7-20-11-14-23(27-25(20)22)28-15-4-2-3-5-16-28/h6-14H,2-5,15-17H2,1H3,(H,26,30). The van der Waals surface area contributed by atoms with Crippen LogP contribution in [0.4, 0.5) is 11.5 Å². The van der Waals surface area contributed by atoms with Crippen molar-refractivity contribution in [1.82, 2.24) is 4.98 Å². The fraction of sp³-hybridized carbons (Fsp3) is 0.320. The van der Waals surface area contributed by atoms with Crippen molar-refractivity contribution in [3.63, 3.8) is 0 Å². The van der Waals surface area contributed by atoms with Gasteiger partial charge in [0.15, 0.2) is 12.4 Å². The van der Waals surface area contributed by atoms with Gasteiger partial charge in [0.05, 0.1) is 0 Å². The van der Waals surface area contributed by atoms with Crippen molar-refractivity contribution in [2.75, 3.05) is 29.9 Å². The third kappa shape index (κ3) is 5.20. The first kappa shape index (κ1) is 20.8. The Morgan fingerprint density at radius 2 is 1.71 bits per heavy atom. The number of aromatic nitrogens is 1. The number of ketones is 1. The van der Waals surface area contributed by atoms with Crippen LogP contribution in [0.3, 0.4) is 0 Å². The maximum Gasteiger partial charge on any atom is 0.262 e. The molecule has 1 saturated heterocycles. The van der Waals surface area contributed by atoms with Crippen LogP contribution in [0.15, 0.2) is 54.6 Å². The Kier molecular flexibility index (Phi) is 6.46. The molecule has 6 nitrogen and oxygen atoms in total. The van der Waals surface area contributed by atoms with Gasteiger partial charge in [-0.25, -0.2) is 4.98 Å². The number of amides is 1. The molecule has 0 radical (unpaired) electrons. The topological polar surface area (TPSA) is 71.5 Å². The number of para-hydroxylation sites is 1. The quantitative estimate of drug-likeness (QED) is 0.582. The van der Waals surface area contributed by atoms with Crippen molar-refractivity contribution >= 4 is 34.1 Å². The van der Waals surface area contributed by atoms with Crippen molar-refractivity contribution in [3.05, 3.63) is 60.2 Å². The number of fused-ring (bicyclic) bond motifs is 1. The summed E-state index contributed by atoms with van der Waals surface area (Å²) in [6, 6.07) is 16.7. The minimum absolute atomic E-state index is 0.00999. The molecule has 0 saturated carbocycles. The average molecular weight is 418 g/mol. The molecular formula is C25H27N3O3. The first-order valence-corrected chi connectivity index (χ1v) is 10.8. The maximum absolute atomic E-state index is 12.4. The van der Waals surface area contributed by atoms with Gasteiger partial charge in [0, 0.05) is 29.7 Å². The highest BCUT2D eigenvalue weighted by atomic mass is 16.5. The average Bonchev–Trinajstić information content (AvgIpc) is 3.07. The first-order valence-electron chi connectivity index (χ1n) is 10.8. The van der Waals surface area contributed by atoms with Crippen LogP contribution in [0.25, 0.3) is 10.9 Å². The Balaban J connectivity index is 1.45. The van der Waals surface area contributed by atoms with Gasteiger partial charge in [-0.3, -0.25) is 9.59 Å². The molecule has 6 heteroatoms. The minimum Gasteiger partial charge on any atom is -0.481 e. The van der Waals surface area contributed by atoms with Crippen molar-refractivity contribution < 1.29 is 14.3 Å². The molecule has 1 fully saturated rings. The second-order valence-corrected chi connectivity index (χ2v) is 7.87. The van der Waals surface area contributed by atoms with Gasteiger partial charge in [0.25, 0.3) is 5.91 Å². The number of ether oxygens (including phenoxy) is 1. The second-order valence-electron chi connectivity index (χ2n) is 7.87. The summed E-state index contributed by atoms with van der Waals surface area (Å²) in [4.78, 5) is 30.9. The number of carbonyl (C=O) groups excluding carboxylic acids is 2. The predicted molar refractivity (Wildman–Crippen MR) is 123 cm³/mol.